The average molecular weight is 919 g/mol. The second-order valence-corrected chi connectivity index (χ2v) is 18.1. The number of allylic oxidation sites excluding steroid dienone is 14. The molecule has 0 aromatic rings. The van der Waals surface area contributed by atoms with Gasteiger partial charge in [-0.3, -0.25) is 14.4 Å². The van der Waals surface area contributed by atoms with Crippen LogP contribution in [0.1, 0.15) is 258 Å². The molecule has 0 fully saturated rings. The van der Waals surface area contributed by atoms with Crippen molar-refractivity contribution < 1.29 is 28.6 Å². The lowest BCUT2D eigenvalue weighted by Crippen LogP contribution is -2.30. The van der Waals surface area contributed by atoms with Gasteiger partial charge in [-0.2, -0.15) is 0 Å². The Hall–Kier alpha value is -3.41. The number of hydrogen-bond donors (Lipinski definition) is 0. The van der Waals surface area contributed by atoms with Crippen molar-refractivity contribution in [1.29, 1.82) is 0 Å². The first-order chi connectivity index (χ1) is 32.5. The van der Waals surface area contributed by atoms with Gasteiger partial charge >= 0.3 is 17.9 Å². The quantitative estimate of drug-likeness (QED) is 0.0262. The molecule has 6 nitrogen and oxygen atoms in total. The van der Waals surface area contributed by atoms with Crippen molar-refractivity contribution in [3.63, 3.8) is 0 Å². The molecule has 1 unspecified atom stereocenters. The van der Waals surface area contributed by atoms with E-state index in [4.69, 9.17) is 14.2 Å². The lowest BCUT2D eigenvalue weighted by atomic mass is 10.1. The smallest absolute Gasteiger partial charge is 0.306 e. The molecule has 0 spiro atoms. The van der Waals surface area contributed by atoms with E-state index in [1.165, 1.54) is 116 Å². The maximum Gasteiger partial charge on any atom is 0.306 e. The molecule has 0 heterocycles. The van der Waals surface area contributed by atoms with Crippen LogP contribution in [0.4, 0.5) is 0 Å². The minimum absolute atomic E-state index is 0.102. The van der Waals surface area contributed by atoms with Crippen molar-refractivity contribution in [2.75, 3.05) is 13.2 Å². The normalized spacial score (nSPS) is 12.7. The Labute approximate surface area is 407 Å². The predicted molar refractivity (Wildman–Crippen MR) is 284 cm³/mol. The van der Waals surface area contributed by atoms with Gasteiger partial charge in [-0.25, -0.2) is 0 Å². The van der Waals surface area contributed by atoms with Crippen LogP contribution in [0.3, 0.4) is 0 Å². The minimum atomic E-state index is -0.807. The summed E-state index contributed by atoms with van der Waals surface area (Å²) in [7, 11) is 0. The molecule has 0 aromatic heterocycles. The van der Waals surface area contributed by atoms with Gasteiger partial charge in [0.15, 0.2) is 6.10 Å². The van der Waals surface area contributed by atoms with E-state index in [1.807, 2.05) is 0 Å². The van der Waals surface area contributed by atoms with Crippen molar-refractivity contribution in [3.05, 3.63) is 85.1 Å². The number of ether oxygens (including phenoxy) is 3. The largest absolute Gasteiger partial charge is 0.462 e. The molecule has 0 aliphatic carbocycles. The molecule has 0 N–H and O–H groups in total. The molecular formula is C60H102O6. The number of unbranched alkanes of at least 4 members (excludes halogenated alkanes) is 24. The summed E-state index contributed by atoms with van der Waals surface area (Å²) >= 11 is 0. The summed E-state index contributed by atoms with van der Waals surface area (Å²) in [6.45, 7) is 6.46. The third-order valence-corrected chi connectivity index (χ3v) is 11.6. The van der Waals surface area contributed by atoms with E-state index in [9.17, 15) is 14.4 Å². The molecule has 0 amide bonds. The molecule has 0 rings (SSSR count). The average Bonchev–Trinajstić information content (AvgIpc) is 3.31. The Bertz CT molecular complexity index is 1290. The lowest BCUT2D eigenvalue weighted by Gasteiger charge is -2.18. The van der Waals surface area contributed by atoms with Crippen molar-refractivity contribution in [3.8, 4) is 0 Å². The second kappa shape index (κ2) is 54.2. The topological polar surface area (TPSA) is 78.9 Å². The highest BCUT2D eigenvalue weighted by Crippen LogP contribution is 2.14. The molecule has 0 saturated carbocycles. The molecule has 6 heteroatoms. The van der Waals surface area contributed by atoms with Crippen molar-refractivity contribution >= 4 is 17.9 Å². The van der Waals surface area contributed by atoms with E-state index in [1.54, 1.807) is 0 Å². The first kappa shape index (κ1) is 62.6. The summed E-state index contributed by atoms with van der Waals surface area (Å²) in [5.74, 6) is -0.976. The predicted octanol–water partition coefficient (Wildman–Crippen LogP) is 18.4. The van der Waals surface area contributed by atoms with E-state index in [-0.39, 0.29) is 37.5 Å². The third kappa shape index (κ3) is 51.6. The van der Waals surface area contributed by atoms with Gasteiger partial charge in [0.25, 0.3) is 0 Å². The maximum atomic E-state index is 12.8. The third-order valence-electron chi connectivity index (χ3n) is 11.6. The van der Waals surface area contributed by atoms with Crippen molar-refractivity contribution in [2.24, 2.45) is 0 Å². The molecule has 0 aliphatic heterocycles. The first-order valence-electron chi connectivity index (χ1n) is 27.6. The van der Waals surface area contributed by atoms with Gasteiger partial charge in [0, 0.05) is 19.3 Å². The van der Waals surface area contributed by atoms with Crippen LogP contribution in [0.15, 0.2) is 85.1 Å². The van der Waals surface area contributed by atoms with Crippen molar-refractivity contribution in [1.82, 2.24) is 0 Å². The molecular weight excluding hydrogens is 817 g/mol. The lowest BCUT2D eigenvalue weighted by molar-refractivity contribution is -0.167. The van der Waals surface area contributed by atoms with Gasteiger partial charge in [-0.1, -0.05) is 215 Å². The number of carbonyl (C=O) groups excluding carboxylic acids is 3. The summed E-state index contributed by atoms with van der Waals surface area (Å²) in [5, 5.41) is 0. The summed E-state index contributed by atoms with van der Waals surface area (Å²) in [4.78, 5) is 38.1. The number of carbonyl (C=O) groups is 3. The zero-order valence-electron chi connectivity index (χ0n) is 43.2. The number of rotatable bonds is 49. The summed E-state index contributed by atoms with van der Waals surface area (Å²) in [5.41, 5.74) is 0. The fourth-order valence-electron chi connectivity index (χ4n) is 7.47. The van der Waals surface area contributed by atoms with Gasteiger partial charge < -0.3 is 14.2 Å². The van der Waals surface area contributed by atoms with E-state index >= 15 is 0 Å². The fourth-order valence-corrected chi connectivity index (χ4v) is 7.47. The Balaban J connectivity index is 4.50. The highest BCUT2D eigenvalue weighted by Gasteiger charge is 2.19. The Morgan fingerprint density at radius 2 is 0.606 bits per heavy atom. The molecule has 0 aliphatic rings. The van der Waals surface area contributed by atoms with Gasteiger partial charge in [0.1, 0.15) is 13.2 Å². The standard InChI is InChI=1S/C60H102O6/c1-4-7-10-13-16-19-22-25-28-30-33-35-38-41-44-47-50-53-59(62)65-56-57(55-64-58(61)52-49-46-43-40-37-34-31-27-24-21-18-15-12-9-6-3)66-60(63)54-51-48-45-42-39-36-32-29-26-23-20-17-14-11-8-5-2/h7,10,16,19,25,27-29,31-33,35,41,44,57H,4-6,8-9,11-15,17-18,20-24,26,30,34,36-40,42-43,45-56H2,1-3H3/b10-7-,19-16-,28-25-,31-27-,32-29-,35-33-,44-41-. The zero-order chi connectivity index (χ0) is 47.9. The number of esters is 3. The van der Waals surface area contributed by atoms with Gasteiger partial charge in [0.05, 0.1) is 0 Å². The zero-order valence-corrected chi connectivity index (χ0v) is 43.2. The summed E-state index contributed by atoms with van der Waals surface area (Å²) in [6, 6.07) is 0. The van der Waals surface area contributed by atoms with Crippen LogP contribution in [0.25, 0.3) is 0 Å². The minimum Gasteiger partial charge on any atom is -0.462 e. The highest BCUT2D eigenvalue weighted by atomic mass is 16.6. The fraction of sp³-hybridized carbons (Fsp3) is 0.717. The van der Waals surface area contributed by atoms with Gasteiger partial charge in [0.2, 0.25) is 0 Å². The maximum absolute atomic E-state index is 12.8. The van der Waals surface area contributed by atoms with Gasteiger partial charge in [-0.05, 0) is 109 Å². The van der Waals surface area contributed by atoms with E-state index in [0.29, 0.717) is 19.3 Å². The van der Waals surface area contributed by atoms with Crippen LogP contribution in [0.5, 0.6) is 0 Å². The van der Waals surface area contributed by atoms with Crippen LogP contribution in [-0.4, -0.2) is 37.2 Å². The highest BCUT2D eigenvalue weighted by molar-refractivity contribution is 5.71. The summed E-state index contributed by atoms with van der Waals surface area (Å²) < 4.78 is 16.8. The van der Waals surface area contributed by atoms with Crippen LogP contribution in [0, 0.1) is 0 Å². The molecule has 0 saturated heterocycles. The van der Waals surface area contributed by atoms with E-state index in [0.717, 1.165) is 96.3 Å². The molecule has 66 heavy (non-hydrogen) atoms. The Morgan fingerprint density at radius 1 is 0.318 bits per heavy atom. The SMILES string of the molecule is CC/C=C\C/C=C\C/C=C\C/C=C\C/C=C\CCCC(=O)OCC(COC(=O)CCCCCCC/C=C\CCCCCCCC)OC(=O)CCCCCCC/C=C\CCCCCCCCC. The van der Waals surface area contributed by atoms with Gasteiger partial charge in [-0.15, -0.1) is 0 Å². The molecule has 0 bridgehead atoms. The molecule has 0 aromatic carbocycles. The summed E-state index contributed by atoms with van der Waals surface area (Å²) in [6.07, 6.45) is 70.0. The molecule has 378 valence electrons. The van der Waals surface area contributed by atoms with E-state index < -0.39 is 6.10 Å². The van der Waals surface area contributed by atoms with Crippen LogP contribution >= 0.6 is 0 Å². The monoisotopic (exact) mass is 919 g/mol. The Morgan fingerprint density at radius 3 is 1.00 bits per heavy atom. The first-order valence-corrected chi connectivity index (χ1v) is 27.6. The van der Waals surface area contributed by atoms with Crippen molar-refractivity contribution in [2.45, 2.75) is 264 Å². The van der Waals surface area contributed by atoms with Crippen LogP contribution in [0.2, 0.25) is 0 Å². The van der Waals surface area contributed by atoms with Crippen LogP contribution < -0.4 is 0 Å². The molecule has 0 radical (unpaired) electrons. The Kier molecular flexibility index (Phi) is 51.4. The number of hydrogen-bond acceptors (Lipinski definition) is 6. The molecule has 1 atom stereocenters. The van der Waals surface area contributed by atoms with Crippen LogP contribution in [-0.2, 0) is 28.6 Å². The van der Waals surface area contributed by atoms with E-state index in [2.05, 4.69) is 106 Å². The second-order valence-electron chi connectivity index (χ2n) is 18.1.